The highest BCUT2D eigenvalue weighted by Crippen LogP contribution is 2.32. The van der Waals surface area contributed by atoms with E-state index in [1.165, 1.54) is 12.1 Å². The van der Waals surface area contributed by atoms with Crippen LogP contribution in [0.25, 0.3) is 22.8 Å². The molecule has 7 heteroatoms. The molecule has 0 atom stereocenters. The van der Waals surface area contributed by atoms with Gasteiger partial charge in [0.15, 0.2) is 11.6 Å². The molecule has 3 rings (SSSR count). The van der Waals surface area contributed by atoms with Crippen LogP contribution in [0.1, 0.15) is 0 Å². The zero-order valence-corrected chi connectivity index (χ0v) is 12.2. The molecule has 116 valence electrons. The fourth-order valence-corrected chi connectivity index (χ4v) is 2.13. The molecule has 0 saturated carbocycles. The number of aromatic nitrogens is 1. The van der Waals surface area contributed by atoms with Crippen LogP contribution in [-0.4, -0.2) is 17.0 Å². The predicted molar refractivity (Wildman–Crippen MR) is 85.0 cm³/mol. The highest BCUT2D eigenvalue weighted by molar-refractivity contribution is 5.72. The number of non-ortho nitro benzene ring substituents is 1. The van der Waals surface area contributed by atoms with Crippen molar-refractivity contribution < 1.29 is 14.1 Å². The number of oxazole rings is 1. The van der Waals surface area contributed by atoms with Crippen molar-refractivity contribution in [3.05, 3.63) is 58.6 Å². The molecule has 0 saturated heterocycles. The van der Waals surface area contributed by atoms with Crippen molar-refractivity contribution in [2.45, 2.75) is 0 Å². The van der Waals surface area contributed by atoms with Gasteiger partial charge in [0.25, 0.3) is 5.69 Å². The largest absolute Gasteiger partial charge is 0.497 e. The minimum atomic E-state index is -0.462. The van der Waals surface area contributed by atoms with Crippen LogP contribution in [0.3, 0.4) is 0 Å². The third-order valence-electron chi connectivity index (χ3n) is 3.33. The van der Waals surface area contributed by atoms with Gasteiger partial charge in [0.2, 0.25) is 5.89 Å². The third-order valence-corrected chi connectivity index (χ3v) is 3.33. The fourth-order valence-electron chi connectivity index (χ4n) is 2.13. The first-order chi connectivity index (χ1) is 11.1. The Bertz CT molecular complexity index is 839. The second-order valence-corrected chi connectivity index (χ2v) is 4.77. The molecule has 3 aromatic rings. The summed E-state index contributed by atoms with van der Waals surface area (Å²) >= 11 is 0. The zero-order valence-electron chi connectivity index (χ0n) is 12.2. The van der Waals surface area contributed by atoms with Gasteiger partial charge < -0.3 is 14.9 Å². The number of hydrogen-bond acceptors (Lipinski definition) is 6. The van der Waals surface area contributed by atoms with Gasteiger partial charge in [0.1, 0.15) is 5.75 Å². The average molecular weight is 311 g/mol. The Hall–Kier alpha value is -3.35. The second kappa shape index (κ2) is 5.80. The SMILES string of the molecule is COc1ccc(-c2oc(-c3ccc([N+](=O)[O-])cc3)nc2N)cc1. The minimum Gasteiger partial charge on any atom is -0.497 e. The summed E-state index contributed by atoms with van der Waals surface area (Å²) in [5.41, 5.74) is 7.30. The van der Waals surface area contributed by atoms with Crippen LogP contribution in [-0.2, 0) is 0 Å². The number of nitrogen functional groups attached to an aromatic ring is 1. The summed E-state index contributed by atoms with van der Waals surface area (Å²) in [6.07, 6.45) is 0. The first-order valence-corrected chi connectivity index (χ1v) is 6.74. The Morgan fingerprint density at radius 1 is 1.09 bits per heavy atom. The van der Waals surface area contributed by atoms with Crippen molar-refractivity contribution in [2.75, 3.05) is 12.8 Å². The van der Waals surface area contributed by atoms with Crippen molar-refractivity contribution in [3.8, 4) is 28.5 Å². The topological polar surface area (TPSA) is 104 Å². The molecule has 0 aliphatic rings. The van der Waals surface area contributed by atoms with E-state index in [1.807, 2.05) is 12.1 Å². The Morgan fingerprint density at radius 2 is 1.70 bits per heavy atom. The molecule has 0 aliphatic carbocycles. The van der Waals surface area contributed by atoms with Gasteiger partial charge in [-0.05, 0) is 36.4 Å². The highest BCUT2D eigenvalue weighted by atomic mass is 16.6. The highest BCUT2D eigenvalue weighted by Gasteiger charge is 2.15. The predicted octanol–water partition coefficient (Wildman–Crippen LogP) is 3.51. The van der Waals surface area contributed by atoms with Crippen molar-refractivity contribution in [1.29, 1.82) is 0 Å². The number of ether oxygens (including phenoxy) is 1. The molecule has 1 aromatic heterocycles. The summed E-state index contributed by atoms with van der Waals surface area (Å²) in [4.78, 5) is 14.4. The number of nitro benzene ring substituents is 1. The van der Waals surface area contributed by atoms with E-state index in [1.54, 1.807) is 31.4 Å². The average Bonchev–Trinajstić information content (AvgIpc) is 2.97. The van der Waals surface area contributed by atoms with Gasteiger partial charge in [0, 0.05) is 23.3 Å². The molecule has 0 bridgehead atoms. The van der Waals surface area contributed by atoms with Crippen LogP contribution in [0.15, 0.2) is 52.9 Å². The molecule has 23 heavy (non-hydrogen) atoms. The molecule has 0 radical (unpaired) electrons. The molecule has 2 N–H and O–H groups in total. The molecule has 7 nitrogen and oxygen atoms in total. The summed E-state index contributed by atoms with van der Waals surface area (Å²) < 4.78 is 10.8. The number of methoxy groups -OCH3 is 1. The Kier molecular flexibility index (Phi) is 3.68. The smallest absolute Gasteiger partial charge is 0.269 e. The third kappa shape index (κ3) is 2.84. The van der Waals surface area contributed by atoms with E-state index in [4.69, 9.17) is 14.9 Å². The lowest BCUT2D eigenvalue weighted by Crippen LogP contribution is -1.88. The number of anilines is 1. The standard InChI is InChI=1S/C16H13N3O4/c1-22-13-8-4-10(5-9-13)14-15(17)18-16(23-14)11-2-6-12(7-3-11)19(20)21/h2-9H,17H2,1H3. The van der Waals surface area contributed by atoms with Crippen molar-refractivity contribution in [2.24, 2.45) is 0 Å². The van der Waals surface area contributed by atoms with Gasteiger partial charge in [-0.3, -0.25) is 10.1 Å². The van der Waals surface area contributed by atoms with Gasteiger partial charge in [-0.2, -0.15) is 4.98 Å². The maximum Gasteiger partial charge on any atom is 0.269 e. The quantitative estimate of drug-likeness (QED) is 0.584. The van der Waals surface area contributed by atoms with E-state index in [0.717, 1.165) is 11.3 Å². The van der Waals surface area contributed by atoms with Crippen LogP contribution in [0.4, 0.5) is 11.5 Å². The van der Waals surface area contributed by atoms with E-state index in [2.05, 4.69) is 4.98 Å². The molecule has 0 unspecified atom stereocenters. The van der Waals surface area contributed by atoms with E-state index in [-0.39, 0.29) is 11.5 Å². The van der Waals surface area contributed by atoms with Crippen molar-refractivity contribution in [3.63, 3.8) is 0 Å². The Labute approximate surface area is 131 Å². The first-order valence-electron chi connectivity index (χ1n) is 6.74. The van der Waals surface area contributed by atoms with Crippen LogP contribution in [0.2, 0.25) is 0 Å². The molecule has 1 heterocycles. The Morgan fingerprint density at radius 3 is 2.26 bits per heavy atom. The van der Waals surface area contributed by atoms with E-state index in [9.17, 15) is 10.1 Å². The van der Waals surface area contributed by atoms with E-state index < -0.39 is 4.92 Å². The maximum atomic E-state index is 10.7. The monoisotopic (exact) mass is 311 g/mol. The van der Waals surface area contributed by atoms with Crippen molar-refractivity contribution in [1.82, 2.24) is 4.98 Å². The summed E-state index contributed by atoms with van der Waals surface area (Å²) in [6.45, 7) is 0. The number of nitrogens with two attached hydrogens (primary N) is 1. The zero-order chi connectivity index (χ0) is 16.4. The van der Waals surface area contributed by atoms with Gasteiger partial charge in [0.05, 0.1) is 12.0 Å². The number of nitrogens with zero attached hydrogens (tertiary/aromatic N) is 2. The molecule has 2 aromatic carbocycles. The second-order valence-electron chi connectivity index (χ2n) is 4.77. The van der Waals surface area contributed by atoms with Gasteiger partial charge in [-0.1, -0.05) is 0 Å². The molecular weight excluding hydrogens is 298 g/mol. The Balaban J connectivity index is 1.95. The van der Waals surface area contributed by atoms with E-state index >= 15 is 0 Å². The van der Waals surface area contributed by atoms with Gasteiger partial charge in [-0.15, -0.1) is 0 Å². The molecule has 0 spiro atoms. The van der Waals surface area contributed by atoms with Crippen LogP contribution in [0.5, 0.6) is 5.75 Å². The van der Waals surface area contributed by atoms with Gasteiger partial charge >= 0.3 is 0 Å². The minimum absolute atomic E-state index is 0.00339. The van der Waals surface area contributed by atoms with Crippen LogP contribution < -0.4 is 10.5 Å². The van der Waals surface area contributed by atoms with Crippen LogP contribution >= 0.6 is 0 Å². The summed E-state index contributed by atoms with van der Waals surface area (Å²) in [6, 6.07) is 13.1. The molecular formula is C16H13N3O4. The summed E-state index contributed by atoms with van der Waals surface area (Å²) in [5, 5.41) is 10.7. The number of nitro groups is 1. The van der Waals surface area contributed by atoms with Crippen molar-refractivity contribution >= 4 is 11.5 Å². The maximum absolute atomic E-state index is 10.7. The number of benzene rings is 2. The number of hydrogen-bond donors (Lipinski definition) is 1. The summed E-state index contributed by atoms with van der Waals surface area (Å²) in [5.74, 6) is 1.73. The lowest BCUT2D eigenvalue weighted by atomic mass is 10.2. The molecule has 0 amide bonds. The summed E-state index contributed by atoms with van der Waals surface area (Å²) in [7, 11) is 1.59. The first kappa shape index (κ1) is 14.6. The number of rotatable bonds is 4. The van der Waals surface area contributed by atoms with Crippen LogP contribution in [0, 0.1) is 10.1 Å². The molecule has 0 fully saturated rings. The van der Waals surface area contributed by atoms with Gasteiger partial charge in [-0.25, -0.2) is 0 Å². The van der Waals surface area contributed by atoms with E-state index in [0.29, 0.717) is 17.2 Å². The lowest BCUT2D eigenvalue weighted by Gasteiger charge is -2.01. The molecule has 0 aliphatic heterocycles. The lowest BCUT2D eigenvalue weighted by molar-refractivity contribution is -0.384. The fraction of sp³-hybridized carbons (Fsp3) is 0.0625. The normalized spacial score (nSPS) is 10.5.